The molecule has 3 nitrogen and oxygen atoms in total. The first-order valence-electron chi connectivity index (χ1n) is 7.79. The summed E-state index contributed by atoms with van der Waals surface area (Å²) < 4.78 is 0. The number of rotatable bonds is 4. The second-order valence-corrected chi connectivity index (χ2v) is 7.01. The number of hydrogen-bond donors (Lipinski definition) is 1. The molecule has 1 aromatic heterocycles. The zero-order valence-corrected chi connectivity index (χ0v) is 15.5. The summed E-state index contributed by atoms with van der Waals surface area (Å²) >= 11 is 7.25. The van der Waals surface area contributed by atoms with E-state index in [0.717, 1.165) is 16.8 Å². The van der Waals surface area contributed by atoms with E-state index in [4.69, 9.17) is 11.6 Å². The Hall–Kier alpha value is -2.43. The largest absolute Gasteiger partial charge is 0.298 e. The van der Waals surface area contributed by atoms with Crippen LogP contribution in [0.5, 0.6) is 0 Å². The number of carbonyl (C=O) groups is 1. The Morgan fingerprint density at radius 2 is 1.88 bits per heavy atom. The lowest BCUT2D eigenvalue weighted by Gasteiger charge is -2.02. The molecule has 0 spiro atoms. The van der Waals surface area contributed by atoms with Gasteiger partial charge in [0, 0.05) is 22.0 Å². The molecule has 25 heavy (non-hydrogen) atoms. The van der Waals surface area contributed by atoms with E-state index in [1.54, 1.807) is 18.2 Å². The molecule has 0 aliphatic carbocycles. The Balaban J connectivity index is 1.67. The highest BCUT2D eigenvalue weighted by Crippen LogP contribution is 2.26. The number of carbonyl (C=O) groups excluding carboxylic acids is 1. The number of nitrogens with one attached hydrogen (secondary N) is 1. The lowest BCUT2D eigenvalue weighted by atomic mass is 10.1. The molecule has 0 saturated carbocycles. The molecule has 0 aliphatic heterocycles. The minimum Gasteiger partial charge on any atom is -0.298 e. The van der Waals surface area contributed by atoms with Crippen molar-refractivity contribution in [3.05, 3.63) is 75.6 Å². The van der Waals surface area contributed by atoms with Gasteiger partial charge >= 0.3 is 0 Å². The second-order valence-electron chi connectivity index (χ2n) is 5.71. The zero-order valence-electron chi connectivity index (χ0n) is 13.9. The average molecular weight is 369 g/mol. The van der Waals surface area contributed by atoms with Gasteiger partial charge in [-0.1, -0.05) is 35.9 Å². The first-order chi connectivity index (χ1) is 12.0. The SMILES string of the molecule is Cc1ccc(-c2csc(NC(=O)/C=C/c3ccc(Cl)cc3)n2)cc1C. The number of anilines is 1. The van der Waals surface area contributed by atoms with Gasteiger partial charge in [-0.05, 0) is 54.8 Å². The standard InChI is InChI=1S/C20H17ClN2OS/c1-13-3-7-16(11-14(13)2)18-12-25-20(22-18)23-19(24)10-6-15-4-8-17(21)9-5-15/h3-12H,1-2H3,(H,22,23,24)/b10-6+. The van der Waals surface area contributed by atoms with E-state index in [0.29, 0.717) is 10.2 Å². The fraction of sp³-hybridized carbons (Fsp3) is 0.100. The lowest BCUT2D eigenvalue weighted by molar-refractivity contribution is -0.111. The summed E-state index contributed by atoms with van der Waals surface area (Å²) in [6.45, 7) is 4.16. The van der Waals surface area contributed by atoms with Crippen LogP contribution in [0.3, 0.4) is 0 Å². The number of amides is 1. The van der Waals surface area contributed by atoms with E-state index in [1.807, 2.05) is 23.6 Å². The Bertz CT molecular complexity index is 929. The van der Waals surface area contributed by atoms with Crippen molar-refractivity contribution in [1.82, 2.24) is 4.98 Å². The van der Waals surface area contributed by atoms with Crippen molar-refractivity contribution in [2.75, 3.05) is 5.32 Å². The summed E-state index contributed by atoms with van der Waals surface area (Å²) in [6, 6.07) is 13.5. The summed E-state index contributed by atoms with van der Waals surface area (Å²) in [4.78, 5) is 16.5. The Morgan fingerprint density at radius 3 is 2.60 bits per heavy atom. The Kier molecular flexibility index (Phi) is 5.31. The number of benzene rings is 2. The third-order valence-corrected chi connectivity index (χ3v) is 4.84. The molecule has 126 valence electrons. The van der Waals surface area contributed by atoms with Gasteiger partial charge in [0.1, 0.15) is 0 Å². The molecule has 5 heteroatoms. The maximum Gasteiger partial charge on any atom is 0.250 e. The summed E-state index contributed by atoms with van der Waals surface area (Å²) in [6.07, 6.45) is 3.23. The quantitative estimate of drug-likeness (QED) is 0.597. The highest BCUT2D eigenvalue weighted by atomic mass is 35.5. The predicted molar refractivity (Wildman–Crippen MR) is 106 cm³/mol. The topological polar surface area (TPSA) is 42.0 Å². The third-order valence-electron chi connectivity index (χ3n) is 3.83. The van der Waals surface area contributed by atoms with Crippen molar-refractivity contribution in [2.24, 2.45) is 0 Å². The van der Waals surface area contributed by atoms with E-state index >= 15 is 0 Å². The molecule has 1 heterocycles. The highest BCUT2D eigenvalue weighted by Gasteiger charge is 2.07. The van der Waals surface area contributed by atoms with Gasteiger partial charge in [-0.25, -0.2) is 4.98 Å². The molecule has 3 rings (SSSR count). The van der Waals surface area contributed by atoms with Crippen LogP contribution in [0.1, 0.15) is 16.7 Å². The Labute approximate surface area is 156 Å². The lowest BCUT2D eigenvalue weighted by Crippen LogP contribution is -2.07. The first-order valence-corrected chi connectivity index (χ1v) is 9.05. The summed E-state index contributed by atoms with van der Waals surface area (Å²) in [5.74, 6) is -0.212. The minimum atomic E-state index is -0.212. The first kappa shape index (κ1) is 17.4. The molecule has 0 fully saturated rings. The smallest absolute Gasteiger partial charge is 0.250 e. The molecule has 3 aromatic rings. The van der Waals surface area contributed by atoms with Crippen LogP contribution in [0, 0.1) is 13.8 Å². The van der Waals surface area contributed by atoms with E-state index in [9.17, 15) is 4.79 Å². The Morgan fingerprint density at radius 1 is 1.12 bits per heavy atom. The molecule has 0 aliphatic rings. The number of hydrogen-bond acceptors (Lipinski definition) is 3. The van der Waals surface area contributed by atoms with Crippen molar-refractivity contribution in [3.63, 3.8) is 0 Å². The van der Waals surface area contributed by atoms with Crippen molar-refractivity contribution in [3.8, 4) is 11.3 Å². The van der Waals surface area contributed by atoms with E-state index in [-0.39, 0.29) is 5.91 Å². The van der Waals surface area contributed by atoms with E-state index < -0.39 is 0 Å². The fourth-order valence-corrected chi connectivity index (χ4v) is 3.11. The molecule has 0 radical (unpaired) electrons. The van der Waals surface area contributed by atoms with Crippen LogP contribution in [0.2, 0.25) is 5.02 Å². The molecular weight excluding hydrogens is 352 g/mol. The van der Waals surface area contributed by atoms with Crippen molar-refractivity contribution in [2.45, 2.75) is 13.8 Å². The van der Waals surface area contributed by atoms with Gasteiger partial charge in [-0.3, -0.25) is 10.1 Å². The van der Waals surface area contributed by atoms with Gasteiger partial charge in [0.2, 0.25) is 5.91 Å². The maximum atomic E-state index is 12.0. The number of thiazole rings is 1. The molecule has 1 amide bonds. The van der Waals surface area contributed by atoms with Crippen LogP contribution >= 0.6 is 22.9 Å². The monoisotopic (exact) mass is 368 g/mol. The zero-order chi connectivity index (χ0) is 17.8. The van der Waals surface area contributed by atoms with Gasteiger partial charge < -0.3 is 0 Å². The summed E-state index contributed by atoms with van der Waals surface area (Å²) in [7, 11) is 0. The van der Waals surface area contributed by atoms with Gasteiger partial charge in [0.15, 0.2) is 5.13 Å². The van der Waals surface area contributed by atoms with Crippen LogP contribution in [0.15, 0.2) is 53.9 Å². The number of nitrogens with zero attached hydrogens (tertiary/aromatic N) is 1. The van der Waals surface area contributed by atoms with E-state index in [1.165, 1.54) is 28.5 Å². The summed E-state index contributed by atoms with van der Waals surface area (Å²) in [5.41, 5.74) is 5.30. The fourth-order valence-electron chi connectivity index (χ4n) is 2.26. The van der Waals surface area contributed by atoms with Crippen LogP contribution in [0.25, 0.3) is 17.3 Å². The molecule has 2 aromatic carbocycles. The summed E-state index contributed by atoms with van der Waals surface area (Å²) in [5, 5.41) is 5.99. The van der Waals surface area contributed by atoms with Crippen molar-refractivity contribution in [1.29, 1.82) is 0 Å². The van der Waals surface area contributed by atoms with Crippen LogP contribution in [0.4, 0.5) is 5.13 Å². The van der Waals surface area contributed by atoms with Crippen LogP contribution in [-0.2, 0) is 4.79 Å². The minimum absolute atomic E-state index is 0.212. The third kappa shape index (κ3) is 4.56. The second kappa shape index (κ2) is 7.64. The number of aromatic nitrogens is 1. The molecule has 0 bridgehead atoms. The van der Waals surface area contributed by atoms with Crippen LogP contribution in [-0.4, -0.2) is 10.9 Å². The predicted octanol–water partition coefficient (Wildman–Crippen LogP) is 5.73. The molecule has 1 N–H and O–H groups in total. The number of aryl methyl sites for hydroxylation is 2. The van der Waals surface area contributed by atoms with Gasteiger partial charge in [0.05, 0.1) is 5.69 Å². The molecule has 0 unspecified atom stereocenters. The molecular formula is C20H17ClN2OS. The van der Waals surface area contributed by atoms with E-state index in [2.05, 4.69) is 36.3 Å². The number of halogens is 1. The molecule has 0 saturated heterocycles. The van der Waals surface area contributed by atoms with Crippen LogP contribution < -0.4 is 5.32 Å². The van der Waals surface area contributed by atoms with Gasteiger partial charge in [-0.15, -0.1) is 11.3 Å². The average Bonchev–Trinajstić information content (AvgIpc) is 3.05. The maximum absolute atomic E-state index is 12.0. The van der Waals surface area contributed by atoms with Crippen molar-refractivity contribution < 1.29 is 4.79 Å². The van der Waals surface area contributed by atoms with Gasteiger partial charge in [0.25, 0.3) is 0 Å². The normalized spacial score (nSPS) is 11.0. The molecule has 0 atom stereocenters. The highest BCUT2D eigenvalue weighted by molar-refractivity contribution is 7.14. The van der Waals surface area contributed by atoms with Gasteiger partial charge in [-0.2, -0.15) is 0 Å². The van der Waals surface area contributed by atoms with Crippen molar-refractivity contribution >= 4 is 40.1 Å².